The number of carbonyl (C=O) groups excluding carboxylic acids is 1. The predicted molar refractivity (Wildman–Crippen MR) is 122 cm³/mol. The van der Waals surface area contributed by atoms with E-state index in [-0.39, 0.29) is 11.4 Å². The molecule has 0 spiro atoms. The molecule has 0 aliphatic rings. The standard InChI is InChI=1S/C22H18ClFN6OS/c1-13-11-14(2)26-22(25-13)32-12-19-20(21(31)27-18-6-4-3-5-17(18)24)28-29-30(19)16-9-7-15(23)8-10-16/h3-11H,12H2,1-2H3,(H,27,31). The van der Waals surface area contributed by atoms with Gasteiger partial charge in [0.05, 0.1) is 17.1 Å². The molecular weight excluding hydrogens is 451 g/mol. The van der Waals surface area contributed by atoms with Gasteiger partial charge in [0, 0.05) is 22.2 Å². The minimum atomic E-state index is -0.563. The number of aromatic nitrogens is 5. The van der Waals surface area contributed by atoms with Crippen molar-refractivity contribution in [2.75, 3.05) is 5.32 Å². The van der Waals surface area contributed by atoms with E-state index in [1.165, 1.54) is 23.9 Å². The minimum Gasteiger partial charge on any atom is -0.318 e. The molecule has 1 N–H and O–H groups in total. The first kappa shape index (κ1) is 21.9. The summed E-state index contributed by atoms with van der Waals surface area (Å²) in [6, 6.07) is 14.8. The Morgan fingerprint density at radius 3 is 2.47 bits per heavy atom. The summed E-state index contributed by atoms with van der Waals surface area (Å²) in [5, 5.41) is 12.0. The largest absolute Gasteiger partial charge is 0.318 e. The Kier molecular flexibility index (Phi) is 6.48. The highest BCUT2D eigenvalue weighted by atomic mass is 35.5. The summed E-state index contributed by atoms with van der Waals surface area (Å²) < 4.78 is 15.6. The fraction of sp³-hybridized carbons (Fsp3) is 0.136. The summed E-state index contributed by atoms with van der Waals surface area (Å²) in [6.45, 7) is 3.79. The van der Waals surface area contributed by atoms with Crippen LogP contribution in [0.2, 0.25) is 5.02 Å². The van der Waals surface area contributed by atoms with Crippen LogP contribution in [0.3, 0.4) is 0 Å². The van der Waals surface area contributed by atoms with Crippen molar-refractivity contribution in [2.24, 2.45) is 0 Å². The number of carbonyl (C=O) groups is 1. The Balaban J connectivity index is 1.68. The van der Waals surface area contributed by atoms with E-state index in [4.69, 9.17) is 11.6 Å². The van der Waals surface area contributed by atoms with Crippen LogP contribution in [0.1, 0.15) is 27.6 Å². The van der Waals surface area contributed by atoms with Gasteiger partial charge in [-0.1, -0.05) is 40.7 Å². The molecule has 0 unspecified atom stereocenters. The maximum absolute atomic E-state index is 14.0. The smallest absolute Gasteiger partial charge is 0.278 e. The number of amides is 1. The molecule has 2 heterocycles. The first-order valence-corrected chi connectivity index (χ1v) is 11.0. The van der Waals surface area contributed by atoms with E-state index >= 15 is 0 Å². The minimum absolute atomic E-state index is 0.0646. The van der Waals surface area contributed by atoms with Crippen molar-refractivity contribution in [3.8, 4) is 5.69 Å². The van der Waals surface area contributed by atoms with E-state index in [1.807, 2.05) is 19.9 Å². The molecule has 7 nitrogen and oxygen atoms in total. The van der Waals surface area contributed by atoms with Gasteiger partial charge >= 0.3 is 0 Å². The van der Waals surface area contributed by atoms with Crippen LogP contribution in [0.4, 0.5) is 10.1 Å². The Labute approximate surface area is 193 Å². The molecule has 0 bridgehead atoms. The Bertz CT molecular complexity index is 1260. The summed E-state index contributed by atoms with van der Waals surface area (Å²) in [6.07, 6.45) is 0. The molecule has 2 aromatic carbocycles. The third-order valence-electron chi connectivity index (χ3n) is 4.47. The van der Waals surface area contributed by atoms with Gasteiger partial charge in [0.15, 0.2) is 10.9 Å². The van der Waals surface area contributed by atoms with Crippen molar-refractivity contribution in [1.29, 1.82) is 0 Å². The van der Waals surface area contributed by atoms with Crippen LogP contribution < -0.4 is 5.32 Å². The van der Waals surface area contributed by atoms with Crippen molar-refractivity contribution >= 4 is 35.0 Å². The number of para-hydroxylation sites is 1. The summed E-state index contributed by atoms with van der Waals surface area (Å²) in [5.41, 5.74) is 3.05. The second kappa shape index (κ2) is 9.46. The van der Waals surface area contributed by atoms with Gasteiger partial charge in [0.1, 0.15) is 5.82 Å². The van der Waals surface area contributed by atoms with Gasteiger partial charge in [0.25, 0.3) is 5.91 Å². The van der Waals surface area contributed by atoms with Crippen LogP contribution in [0, 0.1) is 19.7 Å². The number of rotatable bonds is 6. The van der Waals surface area contributed by atoms with E-state index in [0.717, 1.165) is 11.4 Å². The van der Waals surface area contributed by atoms with Gasteiger partial charge in [0.2, 0.25) is 0 Å². The summed E-state index contributed by atoms with van der Waals surface area (Å²) >= 11 is 7.36. The quantitative estimate of drug-likeness (QED) is 0.316. The second-order valence-electron chi connectivity index (χ2n) is 6.93. The van der Waals surface area contributed by atoms with E-state index < -0.39 is 11.7 Å². The molecule has 162 valence electrons. The van der Waals surface area contributed by atoms with Crippen molar-refractivity contribution in [1.82, 2.24) is 25.0 Å². The molecule has 0 aliphatic carbocycles. The molecule has 0 saturated carbocycles. The molecule has 0 atom stereocenters. The third kappa shape index (κ3) is 4.95. The summed E-state index contributed by atoms with van der Waals surface area (Å²) in [4.78, 5) is 21.8. The fourth-order valence-corrected chi connectivity index (χ4v) is 4.10. The predicted octanol–water partition coefficient (Wildman–Crippen LogP) is 5.01. The molecule has 2 aromatic heterocycles. The van der Waals surface area contributed by atoms with Gasteiger partial charge in [-0.15, -0.1) is 5.10 Å². The lowest BCUT2D eigenvalue weighted by Gasteiger charge is -2.09. The first-order valence-electron chi connectivity index (χ1n) is 9.62. The number of hydrogen-bond donors (Lipinski definition) is 1. The molecule has 4 rings (SSSR count). The second-order valence-corrected chi connectivity index (χ2v) is 8.31. The number of aryl methyl sites for hydroxylation is 2. The number of halogens is 2. The summed E-state index contributed by atoms with van der Waals surface area (Å²) in [7, 11) is 0. The van der Waals surface area contributed by atoms with Gasteiger partial charge in [-0.3, -0.25) is 4.79 Å². The molecule has 32 heavy (non-hydrogen) atoms. The van der Waals surface area contributed by atoms with Crippen molar-refractivity contribution in [3.05, 3.63) is 88.2 Å². The van der Waals surface area contributed by atoms with Crippen LogP contribution in [0.15, 0.2) is 59.8 Å². The molecule has 0 radical (unpaired) electrons. The van der Waals surface area contributed by atoms with Crippen LogP contribution in [-0.4, -0.2) is 30.9 Å². The zero-order valence-corrected chi connectivity index (χ0v) is 18.8. The van der Waals surface area contributed by atoms with Gasteiger partial charge < -0.3 is 5.32 Å². The molecular formula is C22H18ClFN6OS. The van der Waals surface area contributed by atoms with E-state index in [9.17, 15) is 9.18 Å². The lowest BCUT2D eigenvalue weighted by atomic mass is 10.2. The number of nitrogens with one attached hydrogen (secondary N) is 1. The highest BCUT2D eigenvalue weighted by Crippen LogP contribution is 2.25. The van der Waals surface area contributed by atoms with Crippen LogP contribution in [-0.2, 0) is 5.75 Å². The molecule has 4 aromatic rings. The lowest BCUT2D eigenvalue weighted by molar-refractivity contribution is 0.102. The normalized spacial score (nSPS) is 10.9. The van der Waals surface area contributed by atoms with Crippen LogP contribution in [0.5, 0.6) is 0 Å². The maximum atomic E-state index is 14.0. The van der Waals surface area contributed by atoms with E-state index in [1.54, 1.807) is 41.1 Å². The van der Waals surface area contributed by atoms with E-state index in [2.05, 4.69) is 25.6 Å². The lowest BCUT2D eigenvalue weighted by Crippen LogP contribution is -2.16. The number of nitrogens with zero attached hydrogens (tertiary/aromatic N) is 5. The molecule has 0 fully saturated rings. The van der Waals surface area contributed by atoms with Crippen molar-refractivity contribution < 1.29 is 9.18 Å². The highest BCUT2D eigenvalue weighted by Gasteiger charge is 2.22. The van der Waals surface area contributed by atoms with Crippen LogP contribution in [0.25, 0.3) is 5.69 Å². The Morgan fingerprint density at radius 2 is 1.78 bits per heavy atom. The number of benzene rings is 2. The monoisotopic (exact) mass is 468 g/mol. The average molecular weight is 469 g/mol. The summed E-state index contributed by atoms with van der Waals surface area (Å²) in [5.74, 6) is -0.781. The zero-order chi connectivity index (χ0) is 22.7. The zero-order valence-electron chi connectivity index (χ0n) is 17.2. The highest BCUT2D eigenvalue weighted by molar-refractivity contribution is 7.98. The molecule has 0 aliphatic heterocycles. The van der Waals surface area contributed by atoms with Gasteiger partial charge in [-0.2, -0.15) is 0 Å². The third-order valence-corrected chi connectivity index (χ3v) is 5.58. The van der Waals surface area contributed by atoms with E-state index in [0.29, 0.717) is 27.3 Å². The fourth-order valence-electron chi connectivity index (χ4n) is 3.03. The maximum Gasteiger partial charge on any atom is 0.278 e. The SMILES string of the molecule is Cc1cc(C)nc(SCc2c(C(=O)Nc3ccccc3F)nnn2-c2ccc(Cl)cc2)n1. The number of hydrogen-bond acceptors (Lipinski definition) is 6. The number of thioether (sulfide) groups is 1. The average Bonchev–Trinajstić information content (AvgIpc) is 3.18. The van der Waals surface area contributed by atoms with Gasteiger partial charge in [-0.05, 0) is 56.3 Å². The first-order chi connectivity index (χ1) is 15.4. The number of anilines is 1. The molecule has 1 amide bonds. The van der Waals surface area contributed by atoms with Crippen LogP contribution >= 0.6 is 23.4 Å². The van der Waals surface area contributed by atoms with Gasteiger partial charge in [-0.25, -0.2) is 19.0 Å². The molecule has 0 saturated heterocycles. The van der Waals surface area contributed by atoms with Crippen molar-refractivity contribution in [2.45, 2.75) is 24.8 Å². The Hall–Kier alpha value is -3.30. The van der Waals surface area contributed by atoms with Crippen molar-refractivity contribution in [3.63, 3.8) is 0 Å². The molecule has 10 heteroatoms. The topological polar surface area (TPSA) is 85.6 Å². The Morgan fingerprint density at radius 1 is 1.09 bits per heavy atom.